The Morgan fingerprint density at radius 1 is 0.547 bits per heavy atom. The highest BCUT2D eigenvalue weighted by Gasteiger charge is 2.51. The maximum atomic E-state index is 7.92. The van der Waals surface area contributed by atoms with Crippen LogP contribution in [0.4, 0.5) is 5.69 Å². The third-order valence-corrected chi connectivity index (χ3v) is 11.4. The minimum Gasteiger partial charge on any atom is -0.423 e. The molecular formula is C48H26N4O. The average molecular weight is 675 g/mol. The van der Waals surface area contributed by atoms with Crippen molar-refractivity contribution in [3.05, 3.63) is 191 Å². The van der Waals surface area contributed by atoms with Gasteiger partial charge in [0.1, 0.15) is 11.0 Å². The van der Waals surface area contributed by atoms with Gasteiger partial charge in [0.25, 0.3) is 0 Å². The van der Waals surface area contributed by atoms with E-state index < -0.39 is 5.41 Å². The summed E-state index contributed by atoms with van der Waals surface area (Å²) in [7, 11) is 0. The number of hydrogen-bond donors (Lipinski definition) is 0. The Hall–Kier alpha value is -7.29. The molecule has 0 unspecified atom stereocenters. The van der Waals surface area contributed by atoms with E-state index >= 15 is 0 Å². The molecule has 0 N–H and O–H groups in total. The summed E-state index contributed by atoms with van der Waals surface area (Å²) in [5, 5.41) is 0.993. The van der Waals surface area contributed by atoms with E-state index in [0.717, 1.165) is 55.4 Å². The van der Waals surface area contributed by atoms with Gasteiger partial charge in [-0.25, -0.2) is 9.83 Å². The number of aromatic nitrogens is 3. The van der Waals surface area contributed by atoms with Crippen LogP contribution >= 0.6 is 0 Å². The van der Waals surface area contributed by atoms with Crippen LogP contribution in [0.1, 0.15) is 22.3 Å². The molecule has 12 rings (SSSR count). The van der Waals surface area contributed by atoms with Crippen LogP contribution in [0.3, 0.4) is 0 Å². The molecule has 5 nitrogen and oxygen atoms in total. The highest BCUT2D eigenvalue weighted by atomic mass is 16.4. The molecule has 53 heavy (non-hydrogen) atoms. The van der Waals surface area contributed by atoms with Crippen molar-refractivity contribution in [2.45, 2.75) is 5.41 Å². The molecule has 0 saturated heterocycles. The summed E-state index contributed by atoms with van der Waals surface area (Å²) >= 11 is 0. The van der Waals surface area contributed by atoms with Gasteiger partial charge in [0.05, 0.1) is 28.7 Å². The van der Waals surface area contributed by atoms with Crippen molar-refractivity contribution in [1.29, 1.82) is 0 Å². The summed E-state index contributed by atoms with van der Waals surface area (Å²) < 4.78 is 8.36. The third-order valence-electron chi connectivity index (χ3n) is 11.4. The molecule has 3 heterocycles. The fourth-order valence-corrected chi connectivity index (χ4v) is 9.29. The highest BCUT2D eigenvalue weighted by Crippen LogP contribution is 2.63. The van der Waals surface area contributed by atoms with Crippen molar-refractivity contribution in [3.8, 4) is 44.6 Å². The Labute approximate surface area is 303 Å². The Morgan fingerprint density at radius 2 is 1.21 bits per heavy atom. The summed E-state index contributed by atoms with van der Waals surface area (Å²) in [6.45, 7) is 7.92. The number of pyridine rings is 1. The maximum Gasteiger partial charge on any atom is 0.307 e. The molecule has 1 spiro atoms. The lowest BCUT2D eigenvalue weighted by Gasteiger charge is -2.31. The predicted octanol–water partition coefficient (Wildman–Crippen LogP) is 12.0. The lowest BCUT2D eigenvalue weighted by atomic mass is 9.70. The van der Waals surface area contributed by atoms with Crippen LogP contribution in [0.25, 0.3) is 88.4 Å². The largest absolute Gasteiger partial charge is 0.423 e. The van der Waals surface area contributed by atoms with E-state index in [1.165, 1.54) is 44.5 Å². The van der Waals surface area contributed by atoms with Crippen molar-refractivity contribution >= 4 is 44.6 Å². The van der Waals surface area contributed by atoms with Crippen molar-refractivity contribution in [3.63, 3.8) is 0 Å². The molecule has 0 radical (unpaired) electrons. The van der Waals surface area contributed by atoms with Crippen molar-refractivity contribution in [2.24, 2.45) is 0 Å². The van der Waals surface area contributed by atoms with E-state index in [-0.39, 0.29) is 0 Å². The second-order valence-corrected chi connectivity index (χ2v) is 14.0. The summed E-state index contributed by atoms with van der Waals surface area (Å²) in [5.41, 5.74) is 18.4. The second kappa shape index (κ2) is 10.2. The van der Waals surface area contributed by atoms with Crippen LogP contribution < -0.4 is 0 Å². The molecule has 0 aliphatic heterocycles. The molecule has 0 bridgehead atoms. The molecule has 0 amide bonds. The number of nitrogens with zero attached hydrogens (tertiary/aromatic N) is 4. The molecule has 0 saturated carbocycles. The van der Waals surface area contributed by atoms with Crippen LogP contribution in [0.15, 0.2) is 162 Å². The van der Waals surface area contributed by atoms with Crippen LogP contribution in [-0.2, 0) is 5.41 Å². The van der Waals surface area contributed by atoms with E-state index in [1.54, 1.807) is 0 Å². The fraction of sp³-hybridized carbons (Fsp3) is 0.0208. The molecule has 5 heteroatoms. The topological polar surface area (TPSA) is 47.7 Å². The number of para-hydroxylation sites is 3. The molecule has 2 aliphatic carbocycles. The number of oxazole rings is 1. The van der Waals surface area contributed by atoms with Gasteiger partial charge in [-0.15, -0.1) is 0 Å². The Kier molecular flexibility index (Phi) is 5.44. The zero-order valence-electron chi connectivity index (χ0n) is 28.2. The monoisotopic (exact) mass is 674 g/mol. The summed E-state index contributed by atoms with van der Waals surface area (Å²) in [5.74, 6) is 0.554. The minimum atomic E-state index is -0.538. The van der Waals surface area contributed by atoms with Gasteiger partial charge in [-0.05, 0) is 86.0 Å². The minimum absolute atomic E-state index is 0.538. The molecule has 10 aromatic rings. The molecule has 0 atom stereocenters. The molecule has 2 aliphatic rings. The van der Waals surface area contributed by atoms with Gasteiger partial charge in [0, 0.05) is 10.9 Å². The number of imidazole rings is 1. The van der Waals surface area contributed by atoms with Crippen molar-refractivity contribution in [2.75, 3.05) is 0 Å². The molecule has 7 aromatic carbocycles. The van der Waals surface area contributed by atoms with Crippen molar-refractivity contribution < 1.29 is 4.42 Å². The average Bonchev–Trinajstić information content (AvgIpc) is 3.94. The van der Waals surface area contributed by atoms with Gasteiger partial charge < -0.3 is 4.42 Å². The lowest BCUT2D eigenvalue weighted by molar-refractivity contribution is 0.643. The van der Waals surface area contributed by atoms with Crippen LogP contribution in [0, 0.1) is 6.57 Å². The first-order valence-corrected chi connectivity index (χ1v) is 17.8. The van der Waals surface area contributed by atoms with Gasteiger partial charge in [-0.3, -0.25) is 4.40 Å². The number of benzene rings is 7. The molecule has 0 fully saturated rings. The van der Waals surface area contributed by atoms with E-state index in [4.69, 9.17) is 21.0 Å². The molecule has 244 valence electrons. The lowest BCUT2D eigenvalue weighted by Crippen LogP contribution is -2.25. The SMILES string of the molecule is [C-]#[N+]c1ccc2c(c1)C1(c3ccccc3-c3ccccc31)c1cc(-c3cccc(-c4nc5ccccc5c5nc6oc7ccccc7n6c45)c3)ccc1-2. The van der Waals surface area contributed by atoms with Gasteiger partial charge in [0.15, 0.2) is 11.3 Å². The fourth-order valence-electron chi connectivity index (χ4n) is 9.29. The normalized spacial score (nSPS) is 13.4. The smallest absolute Gasteiger partial charge is 0.307 e. The first-order valence-electron chi connectivity index (χ1n) is 17.8. The number of fused-ring (bicyclic) bond motifs is 17. The third kappa shape index (κ3) is 3.59. The van der Waals surface area contributed by atoms with Gasteiger partial charge in [-0.2, -0.15) is 4.98 Å². The number of rotatable bonds is 2. The van der Waals surface area contributed by atoms with Crippen LogP contribution in [-0.4, -0.2) is 14.4 Å². The highest BCUT2D eigenvalue weighted by molar-refractivity contribution is 6.10. The summed E-state index contributed by atoms with van der Waals surface area (Å²) in [6, 6.07) is 55.6. The Morgan fingerprint density at radius 3 is 2.04 bits per heavy atom. The predicted molar refractivity (Wildman–Crippen MR) is 211 cm³/mol. The summed E-state index contributed by atoms with van der Waals surface area (Å²) in [6.07, 6.45) is 0. The Balaban J connectivity index is 1.11. The van der Waals surface area contributed by atoms with Gasteiger partial charge in [-0.1, -0.05) is 127 Å². The molecule has 3 aromatic heterocycles. The quantitative estimate of drug-likeness (QED) is 0.172. The van der Waals surface area contributed by atoms with Gasteiger partial charge >= 0.3 is 5.84 Å². The first kappa shape index (κ1) is 28.4. The maximum absolute atomic E-state index is 7.92. The zero-order valence-corrected chi connectivity index (χ0v) is 28.2. The van der Waals surface area contributed by atoms with E-state index in [2.05, 4.69) is 131 Å². The van der Waals surface area contributed by atoms with Gasteiger partial charge in [0.2, 0.25) is 0 Å². The Bertz CT molecular complexity index is 3220. The first-order chi connectivity index (χ1) is 26.2. The summed E-state index contributed by atoms with van der Waals surface area (Å²) in [4.78, 5) is 14.2. The van der Waals surface area contributed by atoms with Crippen molar-refractivity contribution in [1.82, 2.24) is 14.4 Å². The standard InChI is InChI=1S/C48H26N4O/c1-49-31-22-24-35-34-23-21-29(26-39(34)48(40(35)27-31)37-16-5-2-13-32(37)33-14-3-6-17-38(33)48)28-11-10-12-30(25-28)44-46-45(36-15-4-7-18-41(36)50-44)51-47-52(46)42-19-8-9-20-43(42)53-47/h2-27H. The van der Waals surface area contributed by atoms with E-state index in [0.29, 0.717) is 11.5 Å². The number of hydrogen-bond acceptors (Lipinski definition) is 3. The van der Waals surface area contributed by atoms with E-state index in [9.17, 15) is 0 Å². The second-order valence-electron chi connectivity index (χ2n) is 14.0. The van der Waals surface area contributed by atoms with E-state index in [1.807, 2.05) is 36.4 Å². The van der Waals surface area contributed by atoms with Crippen LogP contribution in [0.5, 0.6) is 0 Å². The molecular weight excluding hydrogens is 649 g/mol. The zero-order chi connectivity index (χ0) is 34.8. The van der Waals surface area contributed by atoms with Crippen LogP contribution in [0.2, 0.25) is 0 Å².